The van der Waals surface area contributed by atoms with Crippen molar-refractivity contribution >= 4 is 44.8 Å². The number of thiazole rings is 1. The van der Waals surface area contributed by atoms with E-state index in [4.69, 9.17) is 23.2 Å². The Balaban J connectivity index is 2.86. The highest BCUT2D eigenvalue weighted by molar-refractivity contribution is 7.16. The first-order chi connectivity index (χ1) is 5.27. The number of fused-ring (bicyclic) bond motifs is 1. The monoisotopic (exact) mass is 202 g/mol. The van der Waals surface area contributed by atoms with E-state index in [0.29, 0.717) is 10.0 Å². The third kappa shape index (κ3) is 1.22. The summed E-state index contributed by atoms with van der Waals surface area (Å²) in [7, 11) is 0. The summed E-state index contributed by atoms with van der Waals surface area (Å²) in [6.07, 6.45) is 0. The number of aromatic nitrogens is 1. The zero-order chi connectivity index (χ0) is 7.84. The summed E-state index contributed by atoms with van der Waals surface area (Å²) >= 11 is 13.0. The lowest BCUT2D eigenvalue weighted by Crippen LogP contribution is -1.69. The van der Waals surface area contributed by atoms with Crippen LogP contribution in [0.3, 0.4) is 0 Å². The van der Waals surface area contributed by atoms with Gasteiger partial charge in [-0.25, -0.2) is 4.98 Å². The van der Waals surface area contributed by atoms with Gasteiger partial charge in [0.25, 0.3) is 0 Å². The first kappa shape index (κ1) is 7.35. The van der Waals surface area contributed by atoms with Crippen molar-refractivity contribution in [2.75, 3.05) is 0 Å². The molecule has 1 aromatic carbocycles. The minimum Gasteiger partial charge on any atom is -0.233 e. The van der Waals surface area contributed by atoms with Gasteiger partial charge in [0.15, 0.2) is 5.51 Å². The van der Waals surface area contributed by atoms with Gasteiger partial charge in [-0.05, 0) is 12.1 Å². The molecule has 0 bridgehead atoms. The van der Waals surface area contributed by atoms with Crippen LogP contribution in [0.15, 0.2) is 12.1 Å². The average Bonchev–Trinajstić information content (AvgIpc) is 2.36. The SMILES string of the molecule is Clc1cc2n[c]sc2cc1Cl. The highest BCUT2D eigenvalue weighted by atomic mass is 35.5. The Morgan fingerprint density at radius 2 is 2.00 bits per heavy atom. The van der Waals surface area contributed by atoms with Crippen LogP contribution in [-0.4, -0.2) is 4.98 Å². The van der Waals surface area contributed by atoms with E-state index < -0.39 is 0 Å². The van der Waals surface area contributed by atoms with Crippen LogP contribution in [0.4, 0.5) is 0 Å². The third-order valence-corrected chi connectivity index (χ3v) is 2.78. The highest BCUT2D eigenvalue weighted by Gasteiger charge is 2.01. The lowest BCUT2D eigenvalue weighted by atomic mass is 10.3. The van der Waals surface area contributed by atoms with Gasteiger partial charge in [0.2, 0.25) is 0 Å². The van der Waals surface area contributed by atoms with Crippen molar-refractivity contribution in [3.05, 3.63) is 27.7 Å². The number of benzene rings is 1. The van der Waals surface area contributed by atoms with E-state index in [0.717, 1.165) is 10.2 Å². The summed E-state index contributed by atoms with van der Waals surface area (Å²) in [6, 6.07) is 3.54. The smallest absolute Gasteiger partial charge is 0.153 e. The molecule has 1 nitrogen and oxygen atoms in total. The van der Waals surface area contributed by atoms with E-state index in [1.807, 2.05) is 0 Å². The molecule has 0 N–H and O–H groups in total. The molecule has 11 heavy (non-hydrogen) atoms. The number of hydrogen-bond acceptors (Lipinski definition) is 2. The van der Waals surface area contributed by atoms with Crippen molar-refractivity contribution in [3.63, 3.8) is 0 Å². The largest absolute Gasteiger partial charge is 0.233 e. The average molecular weight is 203 g/mol. The zero-order valence-corrected chi connectivity index (χ0v) is 7.59. The lowest BCUT2D eigenvalue weighted by Gasteiger charge is -1.92. The van der Waals surface area contributed by atoms with Crippen LogP contribution in [0.1, 0.15) is 0 Å². The second-order valence-electron chi connectivity index (χ2n) is 2.04. The Labute approximate surface area is 77.6 Å². The number of nitrogens with zero attached hydrogens (tertiary/aromatic N) is 1. The van der Waals surface area contributed by atoms with E-state index in [2.05, 4.69) is 10.5 Å². The Morgan fingerprint density at radius 3 is 2.82 bits per heavy atom. The quantitative estimate of drug-likeness (QED) is 0.639. The fourth-order valence-corrected chi connectivity index (χ4v) is 1.82. The Kier molecular flexibility index (Phi) is 1.75. The molecule has 2 rings (SSSR count). The second kappa shape index (κ2) is 2.63. The van der Waals surface area contributed by atoms with Gasteiger partial charge in [0.05, 0.1) is 20.3 Å². The van der Waals surface area contributed by atoms with Crippen molar-refractivity contribution in [3.8, 4) is 0 Å². The molecule has 0 aliphatic heterocycles. The summed E-state index contributed by atoms with van der Waals surface area (Å²) in [5.41, 5.74) is 3.62. The molecule has 0 fully saturated rings. The minimum atomic E-state index is 0.540. The normalized spacial score (nSPS) is 10.7. The third-order valence-electron chi connectivity index (χ3n) is 1.32. The van der Waals surface area contributed by atoms with Crippen molar-refractivity contribution in [1.82, 2.24) is 4.98 Å². The molecule has 0 saturated heterocycles. The van der Waals surface area contributed by atoms with Crippen molar-refractivity contribution in [2.45, 2.75) is 0 Å². The summed E-state index contributed by atoms with van der Waals surface area (Å²) in [5.74, 6) is 0. The molecule has 1 heterocycles. The van der Waals surface area contributed by atoms with Crippen molar-refractivity contribution in [2.24, 2.45) is 0 Å². The zero-order valence-electron chi connectivity index (χ0n) is 5.27. The van der Waals surface area contributed by atoms with Gasteiger partial charge in [0.1, 0.15) is 0 Å². The maximum absolute atomic E-state index is 5.78. The van der Waals surface area contributed by atoms with Crippen LogP contribution in [-0.2, 0) is 0 Å². The highest BCUT2D eigenvalue weighted by Crippen LogP contribution is 2.28. The summed E-state index contributed by atoms with van der Waals surface area (Å²) in [4.78, 5) is 3.97. The van der Waals surface area contributed by atoms with Gasteiger partial charge >= 0.3 is 0 Å². The van der Waals surface area contributed by atoms with Crippen LogP contribution in [0.25, 0.3) is 10.2 Å². The van der Waals surface area contributed by atoms with Gasteiger partial charge in [-0.15, -0.1) is 11.3 Å². The van der Waals surface area contributed by atoms with Gasteiger partial charge in [-0.3, -0.25) is 0 Å². The topological polar surface area (TPSA) is 12.9 Å². The predicted octanol–water partition coefficient (Wildman–Crippen LogP) is 3.40. The van der Waals surface area contributed by atoms with Crippen LogP contribution in [0, 0.1) is 5.51 Å². The van der Waals surface area contributed by atoms with E-state index in [9.17, 15) is 0 Å². The molecule has 4 heteroatoms. The van der Waals surface area contributed by atoms with Gasteiger partial charge < -0.3 is 0 Å². The molecule has 2 aromatic rings. The fraction of sp³-hybridized carbons (Fsp3) is 0. The van der Waals surface area contributed by atoms with Crippen LogP contribution in [0.2, 0.25) is 10.0 Å². The number of hydrogen-bond donors (Lipinski definition) is 0. The molecule has 0 spiro atoms. The van der Waals surface area contributed by atoms with E-state index in [1.165, 1.54) is 11.3 Å². The molecule has 1 aromatic heterocycles. The van der Waals surface area contributed by atoms with Crippen LogP contribution >= 0.6 is 34.5 Å². The molecule has 0 aliphatic carbocycles. The number of rotatable bonds is 0. The molecule has 0 atom stereocenters. The summed E-state index contributed by atoms with van der Waals surface area (Å²) < 4.78 is 1.01. The maximum Gasteiger partial charge on any atom is 0.153 e. The second-order valence-corrected chi connectivity index (χ2v) is 3.68. The molecule has 0 saturated carbocycles. The lowest BCUT2D eigenvalue weighted by molar-refractivity contribution is 1.48. The van der Waals surface area contributed by atoms with E-state index in [1.54, 1.807) is 12.1 Å². The van der Waals surface area contributed by atoms with Crippen LogP contribution in [0.5, 0.6) is 0 Å². The van der Waals surface area contributed by atoms with Crippen LogP contribution < -0.4 is 0 Å². The molecule has 0 aliphatic rings. The molecule has 0 amide bonds. The Bertz CT molecular complexity index is 360. The predicted molar refractivity (Wildman–Crippen MR) is 48.5 cm³/mol. The Hall–Kier alpha value is -0.310. The number of halogens is 2. The van der Waals surface area contributed by atoms with Gasteiger partial charge in [-0.1, -0.05) is 23.2 Å². The summed E-state index contributed by atoms with van der Waals surface area (Å²) in [6.45, 7) is 0. The van der Waals surface area contributed by atoms with Gasteiger partial charge in [0, 0.05) is 0 Å². The van der Waals surface area contributed by atoms with Gasteiger partial charge in [-0.2, -0.15) is 0 Å². The Morgan fingerprint density at radius 1 is 1.27 bits per heavy atom. The standard InChI is InChI=1S/C7H2Cl2NS/c8-4-1-6-7(2-5(4)9)11-3-10-6/h1-2H. The van der Waals surface area contributed by atoms with Crippen molar-refractivity contribution in [1.29, 1.82) is 0 Å². The fourth-order valence-electron chi connectivity index (χ4n) is 0.808. The van der Waals surface area contributed by atoms with Crippen molar-refractivity contribution < 1.29 is 0 Å². The first-order valence-electron chi connectivity index (χ1n) is 2.89. The molecule has 1 radical (unpaired) electrons. The maximum atomic E-state index is 5.78. The molecular formula is C7H2Cl2NS. The first-order valence-corrected chi connectivity index (χ1v) is 4.46. The van der Waals surface area contributed by atoms with E-state index >= 15 is 0 Å². The minimum absolute atomic E-state index is 0.540. The molecular weight excluding hydrogens is 201 g/mol. The van der Waals surface area contributed by atoms with E-state index in [-0.39, 0.29) is 0 Å². The summed E-state index contributed by atoms with van der Waals surface area (Å²) in [5, 5.41) is 1.11. The molecule has 55 valence electrons. The molecule has 0 unspecified atom stereocenters.